The Kier molecular flexibility index (Phi) is 4.94. The predicted octanol–water partition coefficient (Wildman–Crippen LogP) is 4.14. The summed E-state index contributed by atoms with van der Waals surface area (Å²) in [4.78, 5) is 0. The molecule has 2 nitrogen and oxygen atoms in total. The Morgan fingerprint density at radius 3 is 2.42 bits per heavy atom. The van der Waals surface area contributed by atoms with Gasteiger partial charge in [-0.1, -0.05) is 40.5 Å². The molecule has 0 aromatic carbocycles. The van der Waals surface area contributed by atoms with Crippen LogP contribution in [0.5, 0.6) is 0 Å². The Labute approximate surface area is 119 Å². The Morgan fingerprint density at radius 2 is 1.84 bits per heavy atom. The van der Waals surface area contributed by atoms with E-state index in [0.717, 1.165) is 19.0 Å². The fraction of sp³-hybridized carbons (Fsp3) is 1.00. The number of hydrogen-bond donors (Lipinski definition) is 1. The molecule has 2 aliphatic rings. The summed E-state index contributed by atoms with van der Waals surface area (Å²) in [6.45, 7) is 11.5. The van der Waals surface area contributed by atoms with Crippen molar-refractivity contribution in [1.82, 2.24) is 5.32 Å². The molecule has 112 valence electrons. The third-order valence-corrected chi connectivity index (χ3v) is 4.98. The highest BCUT2D eigenvalue weighted by atomic mass is 16.5. The largest absolute Gasteiger partial charge is 0.370 e. The molecule has 0 radical (unpaired) electrons. The molecule has 0 saturated heterocycles. The Bertz CT molecular complexity index is 281. The molecule has 2 fully saturated rings. The van der Waals surface area contributed by atoms with Crippen LogP contribution in [0.1, 0.15) is 72.6 Å². The van der Waals surface area contributed by atoms with Gasteiger partial charge in [-0.05, 0) is 50.0 Å². The normalized spacial score (nSPS) is 33.5. The second-order valence-corrected chi connectivity index (χ2v) is 7.82. The summed E-state index contributed by atoms with van der Waals surface area (Å²) in [7, 11) is 0. The highest BCUT2D eigenvalue weighted by Gasteiger charge is 2.40. The van der Waals surface area contributed by atoms with E-state index in [1.165, 1.54) is 44.9 Å². The van der Waals surface area contributed by atoms with Crippen LogP contribution < -0.4 is 5.32 Å². The molecule has 1 N–H and O–H groups in total. The zero-order valence-corrected chi connectivity index (χ0v) is 13.4. The van der Waals surface area contributed by atoms with Gasteiger partial charge in [-0.25, -0.2) is 0 Å². The van der Waals surface area contributed by atoms with Gasteiger partial charge in [0, 0.05) is 6.54 Å². The zero-order valence-electron chi connectivity index (χ0n) is 13.4. The Morgan fingerprint density at radius 1 is 1.16 bits per heavy atom. The van der Waals surface area contributed by atoms with E-state index in [2.05, 4.69) is 33.0 Å². The summed E-state index contributed by atoms with van der Waals surface area (Å²) in [5.41, 5.74) is 0.605. The van der Waals surface area contributed by atoms with E-state index in [4.69, 9.17) is 4.74 Å². The second-order valence-electron chi connectivity index (χ2n) is 7.82. The van der Waals surface area contributed by atoms with Gasteiger partial charge in [-0.3, -0.25) is 0 Å². The van der Waals surface area contributed by atoms with Crippen LogP contribution >= 0.6 is 0 Å². The summed E-state index contributed by atoms with van der Waals surface area (Å²) in [6.07, 6.45) is 9.54. The molecule has 0 aromatic rings. The predicted molar refractivity (Wildman–Crippen MR) is 81.4 cm³/mol. The maximum absolute atomic E-state index is 6.69. The SMILES string of the molecule is CCNCC1(OC2CC(C)CC(C)(C)C2)CCCC1. The van der Waals surface area contributed by atoms with Crippen molar-refractivity contribution in [2.45, 2.75) is 84.3 Å². The van der Waals surface area contributed by atoms with Crippen LogP contribution in [-0.2, 0) is 4.74 Å². The number of likely N-dealkylation sites (N-methyl/N-ethyl adjacent to an activating group) is 1. The van der Waals surface area contributed by atoms with Gasteiger partial charge in [-0.15, -0.1) is 0 Å². The lowest BCUT2D eigenvalue weighted by molar-refractivity contribution is -0.122. The topological polar surface area (TPSA) is 21.3 Å². The first-order valence-electron chi connectivity index (χ1n) is 8.33. The van der Waals surface area contributed by atoms with Crippen LogP contribution in [0.2, 0.25) is 0 Å². The molecule has 0 spiro atoms. The molecular weight excluding hydrogens is 234 g/mol. The summed E-state index contributed by atoms with van der Waals surface area (Å²) in [5.74, 6) is 0.811. The first-order valence-corrected chi connectivity index (χ1v) is 8.33. The minimum atomic E-state index is 0.147. The van der Waals surface area contributed by atoms with Crippen molar-refractivity contribution in [1.29, 1.82) is 0 Å². The van der Waals surface area contributed by atoms with Gasteiger partial charge in [0.25, 0.3) is 0 Å². The van der Waals surface area contributed by atoms with E-state index < -0.39 is 0 Å². The average molecular weight is 267 g/mol. The van der Waals surface area contributed by atoms with E-state index in [1.807, 2.05) is 0 Å². The summed E-state index contributed by atoms with van der Waals surface area (Å²) in [5, 5.41) is 3.53. The zero-order chi connectivity index (χ0) is 13.9. The molecule has 0 aliphatic heterocycles. The lowest BCUT2D eigenvalue weighted by atomic mass is 9.71. The number of ether oxygens (including phenoxy) is 1. The van der Waals surface area contributed by atoms with Gasteiger partial charge in [0.15, 0.2) is 0 Å². The van der Waals surface area contributed by atoms with Gasteiger partial charge in [0.2, 0.25) is 0 Å². The van der Waals surface area contributed by atoms with Crippen LogP contribution in [0.15, 0.2) is 0 Å². The van der Waals surface area contributed by atoms with Crippen molar-refractivity contribution in [2.24, 2.45) is 11.3 Å². The van der Waals surface area contributed by atoms with Crippen molar-refractivity contribution >= 4 is 0 Å². The monoisotopic (exact) mass is 267 g/mol. The lowest BCUT2D eigenvalue weighted by Crippen LogP contribution is -2.46. The number of nitrogens with one attached hydrogen (secondary N) is 1. The molecule has 2 atom stereocenters. The van der Waals surface area contributed by atoms with Crippen LogP contribution in [0.3, 0.4) is 0 Å². The van der Waals surface area contributed by atoms with E-state index in [0.29, 0.717) is 11.5 Å². The molecule has 0 aromatic heterocycles. The standard InChI is InChI=1S/C17H33NO/c1-5-18-13-17(8-6-7-9-17)19-15-10-14(2)11-16(3,4)12-15/h14-15,18H,5-13H2,1-4H3. The molecule has 19 heavy (non-hydrogen) atoms. The van der Waals surface area contributed by atoms with Gasteiger partial charge in [0.05, 0.1) is 11.7 Å². The summed E-state index contributed by atoms with van der Waals surface area (Å²) >= 11 is 0. The first-order chi connectivity index (χ1) is 8.95. The molecule has 2 saturated carbocycles. The molecule has 0 heterocycles. The van der Waals surface area contributed by atoms with E-state index in [1.54, 1.807) is 0 Å². The van der Waals surface area contributed by atoms with Gasteiger partial charge in [-0.2, -0.15) is 0 Å². The lowest BCUT2D eigenvalue weighted by Gasteiger charge is -2.43. The summed E-state index contributed by atoms with van der Waals surface area (Å²) < 4.78 is 6.69. The van der Waals surface area contributed by atoms with Crippen LogP contribution in [-0.4, -0.2) is 24.8 Å². The Hall–Kier alpha value is -0.0800. The van der Waals surface area contributed by atoms with E-state index >= 15 is 0 Å². The van der Waals surface area contributed by atoms with E-state index in [-0.39, 0.29) is 5.60 Å². The first kappa shape index (κ1) is 15.3. The van der Waals surface area contributed by atoms with E-state index in [9.17, 15) is 0 Å². The molecule has 2 heteroatoms. The maximum atomic E-state index is 6.69. The summed E-state index contributed by atoms with van der Waals surface area (Å²) in [6, 6.07) is 0. The third kappa shape index (κ3) is 4.19. The van der Waals surface area contributed by atoms with Crippen molar-refractivity contribution in [3.63, 3.8) is 0 Å². The second kappa shape index (κ2) is 6.13. The molecule has 0 amide bonds. The highest BCUT2D eigenvalue weighted by Crippen LogP contribution is 2.43. The molecule has 0 bridgehead atoms. The quantitative estimate of drug-likeness (QED) is 0.808. The smallest absolute Gasteiger partial charge is 0.0810 e. The van der Waals surface area contributed by atoms with Crippen molar-refractivity contribution in [3.05, 3.63) is 0 Å². The van der Waals surface area contributed by atoms with Crippen molar-refractivity contribution in [3.8, 4) is 0 Å². The molecule has 2 rings (SSSR count). The average Bonchev–Trinajstić information content (AvgIpc) is 2.72. The minimum Gasteiger partial charge on any atom is -0.370 e. The van der Waals surface area contributed by atoms with Crippen molar-refractivity contribution in [2.75, 3.05) is 13.1 Å². The van der Waals surface area contributed by atoms with Gasteiger partial charge in [0.1, 0.15) is 0 Å². The van der Waals surface area contributed by atoms with Gasteiger partial charge < -0.3 is 10.1 Å². The number of rotatable bonds is 5. The molecule has 2 unspecified atom stereocenters. The fourth-order valence-electron chi connectivity index (χ4n) is 4.41. The molecular formula is C17H33NO. The van der Waals surface area contributed by atoms with Crippen LogP contribution in [0, 0.1) is 11.3 Å². The fourth-order valence-corrected chi connectivity index (χ4v) is 4.41. The van der Waals surface area contributed by atoms with Crippen molar-refractivity contribution < 1.29 is 4.74 Å². The van der Waals surface area contributed by atoms with Gasteiger partial charge >= 0.3 is 0 Å². The third-order valence-electron chi connectivity index (χ3n) is 4.98. The Balaban J connectivity index is 1.96. The minimum absolute atomic E-state index is 0.147. The van der Waals surface area contributed by atoms with Crippen LogP contribution in [0.25, 0.3) is 0 Å². The van der Waals surface area contributed by atoms with Crippen LogP contribution in [0.4, 0.5) is 0 Å². The molecule has 2 aliphatic carbocycles. The maximum Gasteiger partial charge on any atom is 0.0810 e. The highest BCUT2D eigenvalue weighted by molar-refractivity contribution is 4.92. The number of hydrogen-bond acceptors (Lipinski definition) is 2.